The lowest BCUT2D eigenvalue weighted by Gasteiger charge is -2.30. The van der Waals surface area contributed by atoms with Crippen LogP contribution in [0.5, 0.6) is 0 Å². The number of nitrogens with zero attached hydrogens (tertiary/aromatic N) is 4. The van der Waals surface area contributed by atoms with Crippen LogP contribution in [0.3, 0.4) is 0 Å². The summed E-state index contributed by atoms with van der Waals surface area (Å²) < 4.78 is 9.54. The monoisotopic (exact) mass is 778 g/mol. The highest BCUT2D eigenvalue weighted by Crippen LogP contribution is 2.34. The van der Waals surface area contributed by atoms with Crippen LogP contribution >= 0.6 is 0 Å². The fraction of sp³-hybridized carbons (Fsp3) is 0.442. The molecule has 0 aliphatic carbocycles. The van der Waals surface area contributed by atoms with Crippen LogP contribution in [0.2, 0.25) is 0 Å². The number of rotatable bonds is 14. The molecule has 0 saturated carbocycles. The van der Waals surface area contributed by atoms with E-state index >= 15 is 0 Å². The first-order valence-corrected chi connectivity index (χ1v) is 19.8. The number of hydrogen-bond acceptors (Lipinski definition) is 8. The average Bonchev–Trinajstić information content (AvgIpc) is 4.00. The van der Waals surface area contributed by atoms with E-state index in [1.54, 1.807) is 11.1 Å². The van der Waals surface area contributed by atoms with Crippen LogP contribution in [0, 0.1) is 11.8 Å². The molecule has 6 rings (SSSR count). The van der Waals surface area contributed by atoms with E-state index in [0.717, 1.165) is 75.6 Å². The molecule has 3 aromatic carbocycles. The van der Waals surface area contributed by atoms with Gasteiger partial charge in [-0.1, -0.05) is 65.3 Å². The van der Waals surface area contributed by atoms with Crippen molar-refractivity contribution in [1.29, 1.82) is 0 Å². The van der Waals surface area contributed by atoms with Gasteiger partial charge in [-0.05, 0) is 76.9 Å². The van der Waals surface area contributed by atoms with Crippen LogP contribution in [-0.2, 0) is 25.6 Å². The first-order valence-electron chi connectivity index (χ1n) is 19.8. The fourth-order valence-electron chi connectivity index (χ4n) is 7.46. The number of ether oxygens (including phenoxy) is 2. The Morgan fingerprint density at radius 2 is 1.39 bits per heavy atom. The van der Waals surface area contributed by atoms with E-state index in [9.17, 15) is 19.2 Å². The van der Waals surface area contributed by atoms with Gasteiger partial charge in [0.05, 0.1) is 50.6 Å². The zero-order valence-electron chi connectivity index (χ0n) is 33.8. The molecule has 3 atom stereocenters. The Hall–Kier alpha value is -5.92. The number of carbonyl (C=O) groups is 4. The van der Waals surface area contributed by atoms with E-state index < -0.39 is 24.3 Å². The highest BCUT2D eigenvalue weighted by molar-refractivity contribution is 6.01. The van der Waals surface area contributed by atoms with Crippen molar-refractivity contribution in [2.75, 3.05) is 27.3 Å². The summed E-state index contributed by atoms with van der Waals surface area (Å²) in [5.74, 6) is 0.833. The van der Waals surface area contributed by atoms with E-state index in [4.69, 9.17) is 14.5 Å². The number of imidazole rings is 2. The second-order valence-electron chi connectivity index (χ2n) is 15.4. The lowest BCUT2D eigenvalue weighted by molar-refractivity contribution is -0.136. The Bertz CT molecular complexity index is 2230. The number of carbonyl (C=O) groups excluding carboxylic acids is 4. The standard InChI is InChI=1S/C43H54N8O6/c1-8-9-16-50(40(52)37(25(2)3)48-42(54)56-6)24-36-44-22-33(46-36)29-14-12-27-19-32-21-30(15-13-28(32)18-31(27)20-29)34-23-45-39(47-34)35-11-10-17-51(35)41(53)38(26(4)5)49-43(55)57-7/h12-15,18-23,25-26,35,37-38H,8-11,16-17,24H2,1-7H3,(H,44,46)(H,45,47)(H,48,54)(H,49,55)/t35-,37-,38-/m0/s1. The maximum atomic E-state index is 13.6. The number of nitrogens with one attached hydrogen (secondary N) is 4. The lowest BCUT2D eigenvalue weighted by atomic mass is 9.99. The molecule has 14 nitrogen and oxygen atoms in total. The molecule has 0 unspecified atom stereocenters. The summed E-state index contributed by atoms with van der Waals surface area (Å²) in [5.41, 5.74) is 3.66. The third-order valence-corrected chi connectivity index (χ3v) is 10.7. The molecule has 4 amide bonds. The smallest absolute Gasteiger partial charge is 0.407 e. The molecule has 5 aromatic rings. The van der Waals surface area contributed by atoms with Gasteiger partial charge in [-0.2, -0.15) is 0 Å². The van der Waals surface area contributed by atoms with Crippen LogP contribution in [-0.4, -0.2) is 93.1 Å². The molecule has 1 fully saturated rings. The summed E-state index contributed by atoms with van der Waals surface area (Å²) in [5, 5.41) is 9.73. The number of likely N-dealkylation sites (tertiary alicyclic amines) is 1. The van der Waals surface area contributed by atoms with Gasteiger partial charge in [-0.25, -0.2) is 19.6 Å². The van der Waals surface area contributed by atoms with Gasteiger partial charge < -0.3 is 39.9 Å². The Kier molecular flexibility index (Phi) is 12.8. The maximum Gasteiger partial charge on any atom is 0.407 e. The number of hydrogen-bond donors (Lipinski definition) is 4. The number of aromatic amines is 2. The Labute approximate surface area is 333 Å². The van der Waals surface area contributed by atoms with Crippen LogP contribution in [0.25, 0.3) is 44.1 Å². The van der Waals surface area contributed by atoms with E-state index in [1.807, 2.05) is 38.8 Å². The maximum absolute atomic E-state index is 13.6. The van der Waals surface area contributed by atoms with E-state index in [2.05, 4.69) is 81.0 Å². The number of methoxy groups -OCH3 is 2. The zero-order valence-corrected chi connectivity index (χ0v) is 33.8. The summed E-state index contributed by atoms with van der Waals surface area (Å²) in [6, 6.07) is 15.3. The molecule has 3 heterocycles. The molecule has 1 saturated heterocycles. The van der Waals surface area contributed by atoms with Crippen LogP contribution in [0.1, 0.15) is 78.0 Å². The first-order chi connectivity index (χ1) is 27.4. The van der Waals surface area contributed by atoms with Gasteiger partial charge in [0, 0.05) is 24.2 Å². The second-order valence-corrected chi connectivity index (χ2v) is 15.4. The molecule has 0 bridgehead atoms. The fourth-order valence-corrected chi connectivity index (χ4v) is 7.46. The molecule has 2 aromatic heterocycles. The molecule has 14 heteroatoms. The molecule has 0 radical (unpaired) electrons. The van der Waals surface area contributed by atoms with Gasteiger partial charge in [0.2, 0.25) is 11.8 Å². The van der Waals surface area contributed by atoms with E-state index in [1.165, 1.54) is 14.2 Å². The minimum atomic E-state index is -0.714. The predicted octanol–water partition coefficient (Wildman–Crippen LogP) is 7.33. The summed E-state index contributed by atoms with van der Waals surface area (Å²) in [6.07, 6.45) is 5.71. The Morgan fingerprint density at radius 3 is 1.96 bits per heavy atom. The third-order valence-electron chi connectivity index (χ3n) is 10.7. The first kappa shape index (κ1) is 40.7. The number of H-pyrrole nitrogens is 2. The summed E-state index contributed by atoms with van der Waals surface area (Å²) in [4.78, 5) is 71.0. The Morgan fingerprint density at radius 1 is 0.807 bits per heavy atom. The van der Waals surface area contributed by atoms with Crippen molar-refractivity contribution in [3.05, 3.63) is 72.6 Å². The SMILES string of the molecule is CCCCN(Cc1ncc(-c2ccc3cc4cc(-c5cnc([C@@H]6CCCN6C(=O)[C@@H](NC(=O)OC)C(C)C)[nH]5)ccc4cc3c2)[nH]1)C(=O)[C@@H](NC(=O)OC)C(C)C. The van der Waals surface area contributed by atoms with Crippen molar-refractivity contribution in [1.82, 2.24) is 40.4 Å². The number of unbranched alkanes of at least 4 members (excludes halogenated alkanes) is 1. The molecular formula is C43H54N8O6. The molecule has 302 valence electrons. The van der Waals surface area contributed by atoms with Gasteiger partial charge in [-0.3, -0.25) is 9.59 Å². The highest BCUT2D eigenvalue weighted by atomic mass is 16.5. The number of alkyl carbamates (subject to hydrolysis) is 2. The number of aromatic nitrogens is 4. The minimum Gasteiger partial charge on any atom is -0.453 e. The van der Waals surface area contributed by atoms with Crippen molar-refractivity contribution in [3.8, 4) is 22.5 Å². The summed E-state index contributed by atoms with van der Waals surface area (Å²) >= 11 is 0. The topological polar surface area (TPSA) is 175 Å². The van der Waals surface area contributed by atoms with Crippen molar-refractivity contribution < 1.29 is 28.7 Å². The van der Waals surface area contributed by atoms with E-state index in [-0.39, 0.29) is 36.2 Å². The van der Waals surface area contributed by atoms with Crippen molar-refractivity contribution in [3.63, 3.8) is 0 Å². The van der Waals surface area contributed by atoms with Gasteiger partial charge in [0.15, 0.2) is 0 Å². The van der Waals surface area contributed by atoms with Crippen LogP contribution < -0.4 is 10.6 Å². The van der Waals surface area contributed by atoms with Crippen LogP contribution in [0.15, 0.2) is 60.9 Å². The van der Waals surface area contributed by atoms with Crippen molar-refractivity contribution >= 4 is 45.5 Å². The molecule has 4 N–H and O–H groups in total. The summed E-state index contributed by atoms with van der Waals surface area (Å²) in [6.45, 7) is 11.1. The van der Waals surface area contributed by atoms with Crippen molar-refractivity contribution in [2.24, 2.45) is 11.8 Å². The third kappa shape index (κ3) is 9.22. The molecular weight excluding hydrogens is 725 g/mol. The predicted molar refractivity (Wildman–Crippen MR) is 219 cm³/mol. The summed E-state index contributed by atoms with van der Waals surface area (Å²) in [7, 11) is 2.58. The lowest BCUT2D eigenvalue weighted by Crippen LogP contribution is -2.51. The average molecular weight is 779 g/mol. The highest BCUT2D eigenvalue weighted by Gasteiger charge is 2.37. The van der Waals surface area contributed by atoms with E-state index in [0.29, 0.717) is 18.9 Å². The molecule has 1 aliphatic heterocycles. The van der Waals surface area contributed by atoms with Crippen LogP contribution in [0.4, 0.5) is 9.59 Å². The molecule has 0 spiro atoms. The quantitative estimate of drug-likeness (QED) is 0.0848. The van der Waals surface area contributed by atoms with Gasteiger partial charge in [0.25, 0.3) is 0 Å². The minimum absolute atomic E-state index is 0.110. The Balaban J connectivity index is 1.18. The number of amides is 4. The van der Waals surface area contributed by atoms with Gasteiger partial charge in [-0.15, -0.1) is 0 Å². The molecule has 1 aliphatic rings. The zero-order chi connectivity index (χ0) is 40.8. The number of benzene rings is 3. The normalized spacial score (nSPS) is 15.2. The van der Waals surface area contributed by atoms with Gasteiger partial charge in [0.1, 0.15) is 23.7 Å². The van der Waals surface area contributed by atoms with Crippen molar-refractivity contribution in [2.45, 2.75) is 85.0 Å². The second kappa shape index (κ2) is 17.9. The van der Waals surface area contributed by atoms with Gasteiger partial charge >= 0.3 is 12.2 Å². The largest absolute Gasteiger partial charge is 0.453 e. The molecule has 57 heavy (non-hydrogen) atoms. The number of fused-ring (bicyclic) bond motifs is 2.